The van der Waals surface area contributed by atoms with E-state index >= 15 is 0 Å². The maximum Gasteiger partial charge on any atom is 0.160 e. The number of imidazole rings is 1. The molecular formula is C14H19N3S. The number of nitrogens with zero attached hydrogens (tertiary/aromatic N) is 3. The lowest BCUT2D eigenvalue weighted by Gasteiger charge is -2.16. The summed E-state index contributed by atoms with van der Waals surface area (Å²) in [4.78, 5) is 9.33. The van der Waals surface area contributed by atoms with Crippen molar-refractivity contribution in [2.75, 3.05) is 11.5 Å². The molecule has 1 aliphatic heterocycles. The zero-order valence-electron chi connectivity index (χ0n) is 11.0. The third-order valence-corrected chi connectivity index (χ3v) is 4.53. The van der Waals surface area contributed by atoms with Crippen molar-refractivity contribution in [1.82, 2.24) is 14.5 Å². The van der Waals surface area contributed by atoms with Crippen LogP contribution in [-0.4, -0.2) is 26.0 Å². The average Bonchev–Trinajstić information content (AvgIpc) is 2.93. The maximum absolute atomic E-state index is 4.79. The maximum atomic E-state index is 4.79. The van der Waals surface area contributed by atoms with Crippen LogP contribution in [0.25, 0.3) is 11.2 Å². The average molecular weight is 261 g/mol. The fraction of sp³-hybridized carbons (Fsp3) is 0.571. The quantitative estimate of drug-likeness (QED) is 0.849. The van der Waals surface area contributed by atoms with Crippen LogP contribution in [0.4, 0.5) is 0 Å². The number of thioether (sulfide) groups is 1. The van der Waals surface area contributed by atoms with Gasteiger partial charge in [0.05, 0.1) is 0 Å². The standard InChI is InChI=1S/C14H19N3S/c1-10(2)8-13-16-12-4-3-6-15-14(12)17(13)11-5-7-18-9-11/h3-4,6,10-11H,5,7-9H2,1-2H3. The number of hydrogen-bond acceptors (Lipinski definition) is 3. The minimum Gasteiger partial charge on any atom is -0.309 e. The van der Waals surface area contributed by atoms with Crippen molar-refractivity contribution in [2.24, 2.45) is 5.92 Å². The number of fused-ring (bicyclic) bond motifs is 1. The summed E-state index contributed by atoms with van der Waals surface area (Å²) < 4.78 is 2.40. The second-order valence-electron chi connectivity index (χ2n) is 5.36. The molecular weight excluding hydrogens is 242 g/mol. The highest BCUT2D eigenvalue weighted by Gasteiger charge is 2.23. The van der Waals surface area contributed by atoms with Crippen LogP contribution in [0.5, 0.6) is 0 Å². The molecule has 2 aromatic heterocycles. The van der Waals surface area contributed by atoms with Crippen LogP contribution in [0.1, 0.15) is 32.1 Å². The molecule has 1 aliphatic rings. The van der Waals surface area contributed by atoms with Gasteiger partial charge in [0.15, 0.2) is 5.65 Å². The van der Waals surface area contributed by atoms with Gasteiger partial charge in [-0.25, -0.2) is 9.97 Å². The fourth-order valence-corrected chi connectivity index (χ4v) is 3.79. The highest BCUT2D eigenvalue weighted by Crippen LogP contribution is 2.32. The van der Waals surface area contributed by atoms with Gasteiger partial charge in [-0.3, -0.25) is 0 Å². The summed E-state index contributed by atoms with van der Waals surface area (Å²) in [5, 5.41) is 0. The molecule has 0 aromatic carbocycles. The molecule has 18 heavy (non-hydrogen) atoms. The third kappa shape index (κ3) is 2.14. The lowest BCUT2D eigenvalue weighted by Crippen LogP contribution is -2.13. The molecule has 3 rings (SSSR count). The van der Waals surface area contributed by atoms with Crippen LogP contribution in [0, 0.1) is 5.92 Å². The molecule has 0 aliphatic carbocycles. The van der Waals surface area contributed by atoms with Gasteiger partial charge in [0.25, 0.3) is 0 Å². The lowest BCUT2D eigenvalue weighted by molar-refractivity contribution is 0.516. The molecule has 96 valence electrons. The lowest BCUT2D eigenvalue weighted by atomic mass is 10.1. The fourth-order valence-electron chi connectivity index (χ4n) is 2.60. The van der Waals surface area contributed by atoms with Gasteiger partial charge in [0.1, 0.15) is 11.3 Å². The van der Waals surface area contributed by atoms with E-state index in [-0.39, 0.29) is 0 Å². The van der Waals surface area contributed by atoms with E-state index < -0.39 is 0 Å². The van der Waals surface area contributed by atoms with Crippen LogP contribution in [0.3, 0.4) is 0 Å². The first-order valence-corrected chi connectivity index (χ1v) is 7.80. The first-order chi connectivity index (χ1) is 8.75. The Morgan fingerprint density at radius 2 is 2.39 bits per heavy atom. The van der Waals surface area contributed by atoms with Crippen LogP contribution >= 0.6 is 11.8 Å². The van der Waals surface area contributed by atoms with Gasteiger partial charge in [-0.15, -0.1) is 0 Å². The molecule has 3 heterocycles. The van der Waals surface area contributed by atoms with Crippen molar-refractivity contribution in [1.29, 1.82) is 0 Å². The van der Waals surface area contributed by atoms with Gasteiger partial charge in [-0.1, -0.05) is 13.8 Å². The first-order valence-electron chi connectivity index (χ1n) is 6.65. The monoisotopic (exact) mass is 261 g/mol. The Bertz CT molecular complexity index is 541. The minimum atomic E-state index is 0.587. The molecule has 0 saturated carbocycles. The Labute approximate surface area is 112 Å². The van der Waals surface area contributed by atoms with E-state index in [0.717, 1.165) is 17.6 Å². The minimum absolute atomic E-state index is 0.587. The van der Waals surface area contributed by atoms with E-state index in [2.05, 4.69) is 29.5 Å². The van der Waals surface area contributed by atoms with Crippen molar-refractivity contribution < 1.29 is 0 Å². The molecule has 3 nitrogen and oxygen atoms in total. The molecule has 0 radical (unpaired) electrons. The zero-order valence-corrected chi connectivity index (χ0v) is 11.8. The second kappa shape index (κ2) is 4.92. The Morgan fingerprint density at radius 3 is 3.11 bits per heavy atom. The molecule has 4 heteroatoms. The highest BCUT2D eigenvalue weighted by molar-refractivity contribution is 7.99. The molecule has 1 saturated heterocycles. The van der Waals surface area contributed by atoms with Gasteiger partial charge < -0.3 is 4.57 Å². The Kier molecular flexibility index (Phi) is 3.29. The summed E-state index contributed by atoms with van der Waals surface area (Å²) in [6.07, 6.45) is 4.16. The van der Waals surface area contributed by atoms with Gasteiger partial charge in [0.2, 0.25) is 0 Å². The van der Waals surface area contributed by atoms with Crippen LogP contribution in [0.2, 0.25) is 0 Å². The van der Waals surface area contributed by atoms with E-state index in [1.165, 1.54) is 23.8 Å². The van der Waals surface area contributed by atoms with Crippen LogP contribution in [-0.2, 0) is 6.42 Å². The molecule has 1 unspecified atom stereocenters. The van der Waals surface area contributed by atoms with E-state index in [0.29, 0.717) is 12.0 Å². The van der Waals surface area contributed by atoms with E-state index in [9.17, 15) is 0 Å². The Morgan fingerprint density at radius 1 is 1.50 bits per heavy atom. The molecule has 0 N–H and O–H groups in total. The van der Waals surface area contributed by atoms with Crippen molar-refractivity contribution in [3.8, 4) is 0 Å². The summed E-state index contributed by atoms with van der Waals surface area (Å²) in [5.74, 6) is 4.31. The molecule has 1 fully saturated rings. The van der Waals surface area contributed by atoms with Gasteiger partial charge >= 0.3 is 0 Å². The van der Waals surface area contributed by atoms with Crippen molar-refractivity contribution >= 4 is 22.9 Å². The highest BCUT2D eigenvalue weighted by atomic mass is 32.2. The number of pyridine rings is 1. The molecule has 2 aromatic rings. The third-order valence-electron chi connectivity index (χ3n) is 3.38. The van der Waals surface area contributed by atoms with E-state index in [4.69, 9.17) is 4.98 Å². The molecule has 0 bridgehead atoms. The predicted molar refractivity (Wildman–Crippen MR) is 77.0 cm³/mol. The largest absolute Gasteiger partial charge is 0.309 e. The zero-order chi connectivity index (χ0) is 12.5. The van der Waals surface area contributed by atoms with Crippen LogP contribution < -0.4 is 0 Å². The summed E-state index contributed by atoms with van der Waals surface area (Å²) in [7, 11) is 0. The molecule has 0 spiro atoms. The van der Waals surface area contributed by atoms with Crippen molar-refractivity contribution in [3.05, 3.63) is 24.2 Å². The normalized spacial score (nSPS) is 20.1. The van der Waals surface area contributed by atoms with E-state index in [1.807, 2.05) is 24.0 Å². The summed E-state index contributed by atoms with van der Waals surface area (Å²) in [6.45, 7) is 4.50. The van der Waals surface area contributed by atoms with E-state index in [1.54, 1.807) is 0 Å². The number of aromatic nitrogens is 3. The summed E-state index contributed by atoms with van der Waals surface area (Å²) >= 11 is 2.04. The molecule has 1 atom stereocenters. The molecule has 0 amide bonds. The number of rotatable bonds is 3. The topological polar surface area (TPSA) is 30.7 Å². The van der Waals surface area contributed by atoms with Crippen molar-refractivity contribution in [2.45, 2.75) is 32.7 Å². The van der Waals surface area contributed by atoms with Gasteiger partial charge in [0, 0.05) is 24.4 Å². The van der Waals surface area contributed by atoms with Gasteiger partial charge in [-0.2, -0.15) is 11.8 Å². The second-order valence-corrected chi connectivity index (χ2v) is 6.51. The van der Waals surface area contributed by atoms with Crippen molar-refractivity contribution in [3.63, 3.8) is 0 Å². The smallest absolute Gasteiger partial charge is 0.160 e. The van der Waals surface area contributed by atoms with Crippen LogP contribution in [0.15, 0.2) is 18.3 Å². The summed E-state index contributed by atoms with van der Waals surface area (Å²) in [6, 6.07) is 4.64. The Balaban J connectivity index is 2.11. The first kappa shape index (κ1) is 12.0. The summed E-state index contributed by atoms with van der Waals surface area (Å²) in [5.41, 5.74) is 2.12. The Hall–Kier alpha value is -1.03. The predicted octanol–water partition coefficient (Wildman–Crippen LogP) is 3.31. The number of hydrogen-bond donors (Lipinski definition) is 0. The SMILES string of the molecule is CC(C)Cc1nc2cccnc2n1C1CCSC1. The van der Waals surface area contributed by atoms with Gasteiger partial charge in [-0.05, 0) is 30.2 Å².